The van der Waals surface area contributed by atoms with E-state index in [0.29, 0.717) is 11.3 Å². The van der Waals surface area contributed by atoms with E-state index in [1.165, 1.54) is 11.4 Å². The van der Waals surface area contributed by atoms with Crippen LogP contribution in [0.1, 0.15) is 18.1 Å². The van der Waals surface area contributed by atoms with Crippen molar-refractivity contribution >= 4 is 15.7 Å². The van der Waals surface area contributed by atoms with Crippen LogP contribution in [0.2, 0.25) is 0 Å². The Bertz CT molecular complexity index is 712. The fraction of sp³-hybridized carbons (Fsp3) is 0.250. The van der Waals surface area contributed by atoms with E-state index in [4.69, 9.17) is 0 Å². The molecular formula is C16H19NO3S. The molecule has 112 valence electrons. The molecule has 0 bridgehead atoms. The molecule has 0 radical (unpaired) electrons. The Kier molecular flexibility index (Phi) is 4.65. The summed E-state index contributed by atoms with van der Waals surface area (Å²) in [7, 11) is -2.10. The van der Waals surface area contributed by atoms with Gasteiger partial charge in [0.25, 0.3) is 10.0 Å². The number of para-hydroxylation sites is 1. The van der Waals surface area contributed by atoms with Gasteiger partial charge in [-0.2, -0.15) is 0 Å². The Labute approximate surface area is 125 Å². The second-order valence-corrected chi connectivity index (χ2v) is 6.72. The molecule has 0 fully saturated rings. The second kappa shape index (κ2) is 6.28. The zero-order chi connectivity index (χ0) is 15.5. The van der Waals surface area contributed by atoms with Gasteiger partial charge in [-0.25, -0.2) is 8.42 Å². The molecule has 0 aliphatic carbocycles. The minimum absolute atomic E-state index is 0.165. The lowest BCUT2D eigenvalue weighted by Gasteiger charge is -2.20. The topological polar surface area (TPSA) is 57.6 Å². The normalized spacial score (nSPS) is 11.4. The van der Waals surface area contributed by atoms with E-state index in [-0.39, 0.29) is 11.5 Å². The Balaban J connectivity index is 2.45. The van der Waals surface area contributed by atoms with Gasteiger partial charge in [0.1, 0.15) is 0 Å². The molecule has 0 atom stereocenters. The van der Waals surface area contributed by atoms with Crippen molar-refractivity contribution in [3.05, 3.63) is 59.7 Å². The van der Waals surface area contributed by atoms with Crippen molar-refractivity contribution < 1.29 is 13.5 Å². The van der Waals surface area contributed by atoms with Crippen molar-refractivity contribution in [2.24, 2.45) is 0 Å². The average molecular weight is 305 g/mol. The summed E-state index contributed by atoms with van der Waals surface area (Å²) < 4.78 is 26.5. The van der Waals surface area contributed by atoms with Gasteiger partial charge in [-0.05, 0) is 41.8 Å². The first-order chi connectivity index (χ1) is 10.0. The Morgan fingerprint density at radius 3 is 2.29 bits per heavy atom. The molecule has 0 aliphatic rings. The first-order valence-corrected chi connectivity index (χ1v) is 8.21. The molecule has 0 saturated carbocycles. The molecule has 0 heterocycles. The van der Waals surface area contributed by atoms with Crippen LogP contribution >= 0.6 is 0 Å². The maximum Gasteiger partial charge on any atom is 0.264 e. The van der Waals surface area contributed by atoms with Crippen LogP contribution < -0.4 is 4.31 Å². The zero-order valence-corrected chi connectivity index (χ0v) is 13.0. The zero-order valence-electron chi connectivity index (χ0n) is 12.2. The molecule has 5 heteroatoms. The maximum absolute atomic E-state index is 12.6. The van der Waals surface area contributed by atoms with Gasteiger partial charge >= 0.3 is 0 Å². The van der Waals surface area contributed by atoms with E-state index in [0.717, 1.165) is 12.0 Å². The van der Waals surface area contributed by atoms with E-state index in [1.807, 2.05) is 13.0 Å². The highest BCUT2D eigenvalue weighted by atomic mass is 32.2. The van der Waals surface area contributed by atoms with Crippen LogP contribution in [0.25, 0.3) is 0 Å². The maximum atomic E-state index is 12.6. The van der Waals surface area contributed by atoms with Gasteiger partial charge < -0.3 is 5.11 Å². The molecule has 0 amide bonds. The number of benzene rings is 2. The summed E-state index contributed by atoms with van der Waals surface area (Å²) >= 11 is 0. The molecule has 0 unspecified atom stereocenters. The van der Waals surface area contributed by atoms with E-state index in [1.54, 1.807) is 42.5 Å². The van der Waals surface area contributed by atoms with Crippen molar-refractivity contribution in [2.75, 3.05) is 11.4 Å². The van der Waals surface area contributed by atoms with Crippen LogP contribution in [0.3, 0.4) is 0 Å². The smallest absolute Gasteiger partial charge is 0.264 e. The molecular weight excluding hydrogens is 286 g/mol. The number of hydrogen-bond donors (Lipinski definition) is 1. The van der Waals surface area contributed by atoms with E-state index in [9.17, 15) is 13.5 Å². The Morgan fingerprint density at radius 2 is 1.71 bits per heavy atom. The largest absolute Gasteiger partial charge is 0.392 e. The predicted molar refractivity (Wildman–Crippen MR) is 83.8 cm³/mol. The van der Waals surface area contributed by atoms with Crippen LogP contribution in [0, 0.1) is 0 Å². The number of rotatable bonds is 5. The van der Waals surface area contributed by atoms with Crippen LogP contribution in [-0.2, 0) is 23.1 Å². The minimum atomic E-state index is -3.63. The van der Waals surface area contributed by atoms with Crippen LogP contribution in [0.5, 0.6) is 0 Å². The molecule has 2 aromatic carbocycles. The van der Waals surface area contributed by atoms with Crippen LogP contribution in [-0.4, -0.2) is 20.6 Å². The number of aliphatic hydroxyl groups excluding tert-OH is 1. The van der Waals surface area contributed by atoms with Gasteiger partial charge in [-0.1, -0.05) is 31.2 Å². The van der Waals surface area contributed by atoms with Crippen molar-refractivity contribution in [2.45, 2.75) is 24.8 Å². The lowest BCUT2D eigenvalue weighted by molar-refractivity contribution is 0.280. The molecule has 4 nitrogen and oxygen atoms in total. The summed E-state index contributed by atoms with van der Waals surface area (Å²) in [5.74, 6) is 0. The summed E-state index contributed by atoms with van der Waals surface area (Å²) in [6.45, 7) is 1.81. The van der Waals surface area contributed by atoms with Gasteiger partial charge in [0.15, 0.2) is 0 Å². The molecule has 0 aliphatic heterocycles. The van der Waals surface area contributed by atoms with E-state index >= 15 is 0 Å². The number of aliphatic hydroxyl groups is 1. The summed E-state index contributed by atoms with van der Waals surface area (Å²) in [5, 5.41) is 9.39. The second-order valence-electron chi connectivity index (χ2n) is 4.75. The van der Waals surface area contributed by atoms with Crippen LogP contribution in [0.15, 0.2) is 53.4 Å². The first kappa shape index (κ1) is 15.5. The molecule has 2 rings (SSSR count). The monoisotopic (exact) mass is 305 g/mol. The van der Waals surface area contributed by atoms with Gasteiger partial charge in [0.05, 0.1) is 17.2 Å². The number of hydrogen-bond acceptors (Lipinski definition) is 3. The number of aryl methyl sites for hydroxylation is 1. The number of nitrogens with zero attached hydrogens (tertiary/aromatic N) is 1. The lowest BCUT2D eigenvalue weighted by atomic mass is 10.1. The third-order valence-electron chi connectivity index (χ3n) is 3.51. The Hall–Kier alpha value is -1.85. The van der Waals surface area contributed by atoms with Gasteiger partial charge in [0, 0.05) is 7.05 Å². The highest BCUT2D eigenvalue weighted by molar-refractivity contribution is 7.92. The van der Waals surface area contributed by atoms with Gasteiger partial charge in [0.2, 0.25) is 0 Å². The highest BCUT2D eigenvalue weighted by Gasteiger charge is 2.21. The molecule has 0 saturated heterocycles. The predicted octanol–water partition coefficient (Wildman–Crippen LogP) is 2.57. The summed E-state index contributed by atoms with van der Waals surface area (Å²) in [5.41, 5.74) is 2.21. The van der Waals surface area contributed by atoms with E-state index < -0.39 is 10.0 Å². The Morgan fingerprint density at radius 1 is 1.05 bits per heavy atom. The molecule has 2 aromatic rings. The van der Waals surface area contributed by atoms with Crippen molar-refractivity contribution in [3.8, 4) is 0 Å². The molecule has 0 aromatic heterocycles. The molecule has 0 spiro atoms. The van der Waals surface area contributed by atoms with Gasteiger partial charge in [-0.3, -0.25) is 4.31 Å². The SMILES string of the molecule is CCc1ccc(S(=O)(=O)N(C)c2ccccc2)cc1CO. The van der Waals surface area contributed by atoms with E-state index in [2.05, 4.69) is 0 Å². The average Bonchev–Trinajstić information content (AvgIpc) is 2.54. The van der Waals surface area contributed by atoms with Crippen molar-refractivity contribution in [1.82, 2.24) is 0 Å². The summed E-state index contributed by atoms with van der Waals surface area (Å²) in [6.07, 6.45) is 0.755. The fourth-order valence-corrected chi connectivity index (χ4v) is 3.44. The first-order valence-electron chi connectivity index (χ1n) is 6.77. The molecule has 21 heavy (non-hydrogen) atoms. The van der Waals surface area contributed by atoms with Crippen molar-refractivity contribution in [3.63, 3.8) is 0 Å². The van der Waals surface area contributed by atoms with Gasteiger partial charge in [-0.15, -0.1) is 0 Å². The number of sulfonamides is 1. The van der Waals surface area contributed by atoms with Crippen LogP contribution in [0.4, 0.5) is 5.69 Å². The lowest BCUT2D eigenvalue weighted by Crippen LogP contribution is -2.26. The third kappa shape index (κ3) is 3.09. The van der Waals surface area contributed by atoms with Crippen molar-refractivity contribution in [1.29, 1.82) is 0 Å². The third-order valence-corrected chi connectivity index (χ3v) is 5.29. The summed E-state index contributed by atoms with van der Waals surface area (Å²) in [4.78, 5) is 0.190. The standard InChI is InChI=1S/C16H19NO3S/c1-3-13-9-10-16(11-14(13)12-18)21(19,20)17(2)15-7-5-4-6-8-15/h4-11,18H,3,12H2,1-2H3. The number of anilines is 1. The highest BCUT2D eigenvalue weighted by Crippen LogP contribution is 2.24. The minimum Gasteiger partial charge on any atom is -0.392 e. The fourth-order valence-electron chi connectivity index (χ4n) is 2.19. The molecule has 1 N–H and O–H groups in total. The summed E-state index contributed by atoms with van der Waals surface area (Å²) in [6, 6.07) is 13.8. The quantitative estimate of drug-likeness (QED) is 0.923.